The highest BCUT2D eigenvalue weighted by Gasteiger charge is 2.19. The second-order valence-corrected chi connectivity index (χ2v) is 4.81. The van der Waals surface area contributed by atoms with Gasteiger partial charge in [-0.1, -0.05) is 29.8 Å². The zero-order valence-electron chi connectivity index (χ0n) is 11.2. The Morgan fingerprint density at radius 1 is 1.38 bits per heavy atom. The number of benzene rings is 1. The summed E-state index contributed by atoms with van der Waals surface area (Å²) in [6, 6.07) is 7.82. The molecule has 21 heavy (non-hydrogen) atoms. The number of hydrogen-bond acceptors (Lipinski definition) is 4. The fourth-order valence-corrected chi connectivity index (χ4v) is 2.08. The molecule has 0 atom stereocenters. The summed E-state index contributed by atoms with van der Waals surface area (Å²) in [7, 11) is 1.56. The van der Waals surface area contributed by atoms with Gasteiger partial charge in [-0.3, -0.25) is 19.9 Å². The zero-order chi connectivity index (χ0) is 15.4. The monoisotopic (exact) mass is 305 g/mol. The molecule has 7 heteroatoms. The molecule has 0 saturated heterocycles. The van der Waals surface area contributed by atoms with Crippen molar-refractivity contribution in [1.82, 2.24) is 9.88 Å². The van der Waals surface area contributed by atoms with Crippen molar-refractivity contribution in [3.05, 3.63) is 69.0 Å². The van der Waals surface area contributed by atoms with Crippen molar-refractivity contribution in [3.8, 4) is 0 Å². The van der Waals surface area contributed by atoms with Crippen LogP contribution < -0.4 is 0 Å². The Morgan fingerprint density at radius 3 is 2.76 bits per heavy atom. The van der Waals surface area contributed by atoms with Crippen molar-refractivity contribution < 1.29 is 9.72 Å². The molecule has 0 aliphatic heterocycles. The van der Waals surface area contributed by atoms with Crippen molar-refractivity contribution in [1.29, 1.82) is 0 Å². The minimum Gasteiger partial charge on any atom is -0.337 e. The molecule has 0 bridgehead atoms. The number of carbonyl (C=O) groups is 1. The number of amides is 1. The quantitative estimate of drug-likeness (QED) is 0.643. The van der Waals surface area contributed by atoms with Crippen LogP contribution in [0.25, 0.3) is 0 Å². The first-order valence-electron chi connectivity index (χ1n) is 6.08. The Labute approximate surface area is 126 Å². The molecule has 0 unspecified atom stereocenters. The van der Waals surface area contributed by atoms with Gasteiger partial charge in [0.05, 0.1) is 22.1 Å². The lowest BCUT2D eigenvalue weighted by molar-refractivity contribution is -0.385. The maximum Gasteiger partial charge on any atom is 0.274 e. The first-order chi connectivity index (χ1) is 10.0. The van der Waals surface area contributed by atoms with Crippen LogP contribution in [0.2, 0.25) is 5.02 Å². The predicted octanol–water partition coefficient (Wildman–Crippen LogP) is 2.92. The van der Waals surface area contributed by atoms with Crippen LogP contribution in [0.4, 0.5) is 5.69 Å². The number of rotatable bonds is 4. The Hall–Kier alpha value is -2.47. The molecule has 0 radical (unpaired) electrons. The topological polar surface area (TPSA) is 76.3 Å². The van der Waals surface area contributed by atoms with Gasteiger partial charge in [-0.05, 0) is 6.07 Å². The average Bonchev–Trinajstić information content (AvgIpc) is 2.47. The van der Waals surface area contributed by atoms with E-state index in [1.54, 1.807) is 25.2 Å². The van der Waals surface area contributed by atoms with Crippen LogP contribution in [-0.4, -0.2) is 27.8 Å². The standard InChI is InChI=1S/C14H12ClN3O3/c1-17(14(19)11-8-16-7-6-12(11)15)9-10-4-2-3-5-13(10)18(20)21/h2-8H,9H2,1H3. The molecule has 2 aromatic rings. The second-order valence-electron chi connectivity index (χ2n) is 4.40. The molecule has 2 rings (SSSR count). The summed E-state index contributed by atoms with van der Waals surface area (Å²) in [6.07, 6.45) is 2.86. The molecule has 0 aliphatic rings. The number of hydrogen-bond donors (Lipinski definition) is 0. The fourth-order valence-electron chi connectivity index (χ4n) is 1.89. The normalized spacial score (nSPS) is 10.2. The third-order valence-electron chi connectivity index (χ3n) is 2.94. The maximum atomic E-state index is 12.3. The average molecular weight is 306 g/mol. The summed E-state index contributed by atoms with van der Waals surface area (Å²) in [4.78, 5) is 28.0. The largest absolute Gasteiger partial charge is 0.337 e. The molecule has 0 fully saturated rings. The summed E-state index contributed by atoms with van der Waals surface area (Å²) in [5, 5.41) is 11.3. The van der Waals surface area contributed by atoms with E-state index in [0.29, 0.717) is 10.6 Å². The van der Waals surface area contributed by atoms with E-state index in [2.05, 4.69) is 4.98 Å². The Kier molecular flexibility index (Phi) is 4.49. The van der Waals surface area contributed by atoms with Gasteiger partial charge in [0.15, 0.2) is 0 Å². The first-order valence-corrected chi connectivity index (χ1v) is 6.45. The lowest BCUT2D eigenvalue weighted by Crippen LogP contribution is -2.26. The van der Waals surface area contributed by atoms with Gasteiger partial charge in [0, 0.05) is 31.1 Å². The van der Waals surface area contributed by atoms with Crippen LogP contribution >= 0.6 is 11.6 Å². The minimum absolute atomic E-state index is 0.0190. The first kappa shape index (κ1) is 14.9. The van der Waals surface area contributed by atoms with Crippen LogP contribution in [0.15, 0.2) is 42.7 Å². The van der Waals surface area contributed by atoms with E-state index >= 15 is 0 Å². The molecule has 1 aromatic heterocycles. The number of nitro groups is 1. The van der Waals surface area contributed by atoms with Crippen molar-refractivity contribution >= 4 is 23.2 Å². The molecule has 108 valence electrons. The summed E-state index contributed by atoms with van der Waals surface area (Å²) in [6.45, 7) is 0.112. The number of nitro benzene ring substituents is 1. The summed E-state index contributed by atoms with van der Waals surface area (Å²) in [5.74, 6) is -0.341. The smallest absolute Gasteiger partial charge is 0.274 e. The third kappa shape index (κ3) is 3.35. The maximum absolute atomic E-state index is 12.3. The third-order valence-corrected chi connectivity index (χ3v) is 3.27. The zero-order valence-corrected chi connectivity index (χ0v) is 11.9. The fraction of sp³-hybridized carbons (Fsp3) is 0.143. The van der Waals surface area contributed by atoms with E-state index in [0.717, 1.165) is 0 Å². The van der Waals surface area contributed by atoms with E-state index in [-0.39, 0.29) is 23.7 Å². The van der Waals surface area contributed by atoms with Gasteiger partial charge in [-0.15, -0.1) is 0 Å². The highest BCUT2D eigenvalue weighted by molar-refractivity contribution is 6.33. The van der Waals surface area contributed by atoms with Crippen molar-refractivity contribution in [3.63, 3.8) is 0 Å². The highest BCUT2D eigenvalue weighted by Crippen LogP contribution is 2.21. The van der Waals surface area contributed by atoms with Crippen molar-refractivity contribution in [2.45, 2.75) is 6.54 Å². The summed E-state index contributed by atoms with van der Waals surface area (Å²) < 4.78 is 0. The van der Waals surface area contributed by atoms with Crippen LogP contribution in [-0.2, 0) is 6.54 Å². The molecule has 0 saturated carbocycles. The van der Waals surface area contributed by atoms with Gasteiger partial charge in [-0.25, -0.2) is 0 Å². The summed E-state index contributed by atoms with van der Waals surface area (Å²) >= 11 is 5.95. The van der Waals surface area contributed by atoms with Gasteiger partial charge in [0.2, 0.25) is 0 Å². The van der Waals surface area contributed by atoms with Gasteiger partial charge < -0.3 is 4.90 Å². The van der Waals surface area contributed by atoms with E-state index in [1.165, 1.54) is 29.4 Å². The second kappa shape index (κ2) is 6.32. The molecule has 0 N–H and O–H groups in total. The van der Waals surface area contributed by atoms with E-state index in [9.17, 15) is 14.9 Å². The van der Waals surface area contributed by atoms with Crippen LogP contribution in [0.5, 0.6) is 0 Å². The van der Waals surface area contributed by atoms with Gasteiger partial charge >= 0.3 is 0 Å². The molecule has 1 amide bonds. The van der Waals surface area contributed by atoms with Crippen LogP contribution in [0.1, 0.15) is 15.9 Å². The molecule has 6 nitrogen and oxygen atoms in total. The Balaban J connectivity index is 2.23. The Bertz CT molecular complexity index is 691. The summed E-state index contributed by atoms with van der Waals surface area (Å²) in [5.41, 5.74) is 0.702. The van der Waals surface area contributed by atoms with Crippen molar-refractivity contribution in [2.75, 3.05) is 7.05 Å². The molecule has 1 aromatic carbocycles. The van der Waals surface area contributed by atoms with E-state index in [1.807, 2.05) is 0 Å². The van der Waals surface area contributed by atoms with E-state index in [4.69, 9.17) is 11.6 Å². The van der Waals surface area contributed by atoms with Gasteiger partial charge in [-0.2, -0.15) is 0 Å². The van der Waals surface area contributed by atoms with Gasteiger partial charge in [0.25, 0.3) is 11.6 Å². The number of nitrogens with zero attached hydrogens (tertiary/aromatic N) is 3. The number of halogens is 1. The lowest BCUT2D eigenvalue weighted by atomic mass is 10.1. The van der Waals surface area contributed by atoms with Crippen LogP contribution in [0.3, 0.4) is 0 Å². The van der Waals surface area contributed by atoms with Crippen molar-refractivity contribution in [2.24, 2.45) is 0 Å². The van der Waals surface area contributed by atoms with E-state index < -0.39 is 4.92 Å². The predicted molar refractivity (Wildman–Crippen MR) is 78.1 cm³/mol. The van der Waals surface area contributed by atoms with Crippen LogP contribution in [0, 0.1) is 10.1 Å². The number of carbonyl (C=O) groups excluding carboxylic acids is 1. The lowest BCUT2D eigenvalue weighted by Gasteiger charge is -2.17. The minimum atomic E-state index is -0.468. The SMILES string of the molecule is CN(Cc1ccccc1[N+](=O)[O-])C(=O)c1cnccc1Cl. The molecule has 1 heterocycles. The molecular weight excluding hydrogens is 294 g/mol. The molecule has 0 aliphatic carbocycles. The number of aromatic nitrogens is 1. The molecular formula is C14H12ClN3O3. The Morgan fingerprint density at radius 2 is 2.10 bits per heavy atom. The molecule has 0 spiro atoms. The number of para-hydroxylation sites is 1. The highest BCUT2D eigenvalue weighted by atomic mass is 35.5. The van der Waals surface area contributed by atoms with Gasteiger partial charge in [0.1, 0.15) is 0 Å². The number of pyridine rings is 1.